The van der Waals surface area contributed by atoms with Gasteiger partial charge in [-0.05, 0) is 33.1 Å². The highest BCUT2D eigenvalue weighted by molar-refractivity contribution is 5.86. The maximum Gasteiger partial charge on any atom is 0.240 e. The number of likely N-dealkylation sites (N-methyl/N-ethyl adjacent to an activating group) is 1. The van der Waals surface area contributed by atoms with Crippen LogP contribution in [0.3, 0.4) is 0 Å². The summed E-state index contributed by atoms with van der Waals surface area (Å²) in [5.41, 5.74) is -0.194. The summed E-state index contributed by atoms with van der Waals surface area (Å²) in [7, 11) is 3.63. The van der Waals surface area contributed by atoms with E-state index in [9.17, 15) is 4.79 Å². The Morgan fingerprint density at radius 3 is 2.47 bits per heavy atom. The van der Waals surface area contributed by atoms with Gasteiger partial charge in [-0.2, -0.15) is 0 Å². The molecule has 5 heteroatoms. The van der Waals surface area contributed by atoms with Gasteiger partial charge >= 0.3 is 0 Å². The van der Waals surface area contributed by atoms with Gasteiger partial charge in [0.05, 0.1) is 6.54 Å². The van der Waals surface area contributed by atoms with Crippen molar-refractivity contribution in [3.8, 4) is 0 Å². The summed E-state index contributed by atoms with van der Waals surface area (Å²) in [6.07, 6.45) is 3.93. The maximum absolute atomic E-state index is 11.8. The molecule has 0 atom stereocenters. The third kappa shape index (κ3) is 7.03. The molecule has 1 saturated carbocycles. The van der Waals surface area contributed by atoms with Crippen molar-refractivity contribution in [2.45, 2.75) is 45.6 Å². The molecule has 19 heavy (non-hydrogen) atoms. The number of nitrogens with one attached hydrogen (secondary N) is 2. The van der Waals surface area contributed by atoms with Gasteiger partial charge in [0, 0.05) is 26.2 Å². The summed E-state index contributed by atoms with van der Waals surface area (Å²) < 4.78 is 0. The zero-order chi connectivity index (χ0) is 14.5. The average Bonchev–Trinajstić information content (AvgIpc) is 3.05. The molecule has 1 aliphatic carbocycles. The predicted octanol–water partition coefficient (Wildman–Crippen LogP) is 1.21. The number of amides is 1. The van der Waals surface area contributed by atoms with Crippen molar-refractivity contribution in [2.24, 2.45) is 10.9 Å². The van der Waals surface area contributed by atoms with Crippen molar-refractivity contribution in [2.75, 3.05) is 27.2 Å². The molecule has 0 spiro atoms. The van der Waals surface area contributed by atoms with Crippen LogP contribution in [0.1, 0.15) is 40.0 Å². The molecule has 5 nitrogen and oxygen atoms in total. The number of hydrogen-bond acceptors (Lipinski definition) is 2. The minimum Gasteiger partial charge on any atom is -0.356 e. The molecule has 0 bridgehead atoms. The van der Waals surface area contributed by atoms with Gasteiger partial charge in [-0.25, -0.2) is 0 Å². The quantitative estimate of drug-likeness (QED) is 0.582. The van der Waals surface area contributed by atoms with Crippen molar-refractivity contribution < 1.29 is 4.79 Å². The summed E-state index contributed by atoms with van der Waals surface area (Å²) >= 11 is 0. The first kappa shape index (κ1) is 15.8. The second-order valence-electron chi connectivity index (χ2n) is 6.36. The molecule has 0 radical (unpaired) electrons. The van der Waals surface area contributed by atoms with Crippen molar-refractivity contribution in [3.63, 3.8) is 0 Å². The van der Waals surface area contributed by atoms with E-state index in [1.807, 2.05) is 32.7 Å². The normalized spacial score (nSPS) is 16.2. The minimum atomic E-state index is -0.194. The van der Waals surface area contributed by atoms with E-state index in [1.54, 1.807) is 7.05 Å². The topological polar surface area (TPSA) is 56.7 Å². The molecule has 2 N–H and O–H groups in total. The van der Waals surface area contributed by atoms with Crippen LogP contribution >= 0.6 is 0 Å². The monoisotopic (exact) mass is 268 g/mol. The van der Waals surface area contributed by atoms with Gasteiger partial charge in [-0.15, -0.1) is 0 Å². The maximum atomic E-state index is 11.8. The van der Waals surface area contributed by atoms with Crippen LogP contribution in [-0.4, -0.2) is 49.5 Å². The molecular formula is C14H28N4O. The van der Waals surface area contributed by atoms with E-state index < -0.39 is 0 Å². The third-order valence-corrected chi connectivity index (χ3v) is 3.00. The van der Waals surface area contributed by atoms with Gasteiger partial charge < -0.3 is 15.5 Å². The standard InChI is InChI=1S/C14H28N4O/c1-14(2,3)17-12(19)10-18(5)13(15-4)16-9-8-11-6-7-11/h11H,6-10H2,1-5H3,(H,15,16)(H,17,19). The van der Waals surface area contributed by atoms with E-state index >= 15 is 0 Å². The number of carbonyl (C=O) groups excluding carboxylic acids is 1. The second kappa shape index (κ2) is 6.78. The fourth-order valence-corrected chi connectivity index (χ4v) is 1.93. The molecule has 0 aromatic rings. The van der Waals surface area contributed by atoms with Gasteiger partial charge in [-0.3, -0.25) is 9.79 Å². The van der Waals surface area contributed by atoms with Crippen LogP contribution in [0.2, 0.25) is 0 Å². The molecule has 0 aromatic carbocycles. The lowest BCUT2D eigenvalue weighted by molar-refractivity contribution is -0.122. The predicted molar refractivity (Wildman–Crippen MR) is 79.2 cm³/mol. The Kier molecular flexibility index (Phi) is 5.63. The summed E-state index contributed by atoms with van der Waals surface area (Å²) in [4.78, 5) is 17.9. The van der Waals surface area contributed by atoms with Crippen molar-refractivity contribution in [1.82, 2.24) is 15.5 Å². The van der Waals surface area contributed by atoms with Crippen molar-refractivity contribution >= 4 is 11.9 Å². The number of aliphatic imine (C=N–C) groups is 1. The highest BCUT2D eigenvalue weighted by Crippen LogP contribution is 2.31. The van der Waals surface area contributed by atoms with Crippen molar-refractivity contribution in [1.29, 1.82) is 0 Å². The number of hydrogen-bond donors (Lipinski definition) is 2. The zero-order valence-corrected chi connectivity index (χ0v) is 12.9. The second-order valence-corrected chi connectivity index (χ2v) is 6.36. The van der Waals surface area contributed by atoms with E-state index in [2.05, 4.69) is 15.6 Å². The van der Waals surface area contributed by atoms with Crippen LogP contribution in [0.25, 0.3) is 0 Å². The number of rotatable bonds is 5. The van der Waals surface area contributed by atoms with Gasteiger partial charge in [0.2, 0.25) is 5.91 Å². The van der Waals surface area contributed by atoms with Crippen LogP contribution in [0.5, 0.6) is 0 Å². The Bertz CT molecular complexity index is 329. The molecule has 1 amide bonds. The molecule has 110 valence electrons. The average molecular weight is 268 g/mol. The smallest absolute Gasteiger partial charge is 0.240 e. The number of nitrogens with zero attached hydrogens (tertiary/aromatic N) is 2. The SMILES string of the molecule is CN=C(NCCC1CC1)N(C)CC(=O)NC(C)(C)C. The van der Waals surface area contributed by atoms with Crippen LogP contribution in [-0.2, 0) is 4.79 Å². The first-order valence-corrected chi connectivity index (χ1v) is 7.04. The van der Waals surface area contributed by atoms with E-state index in [0.29, 0.717) is 6.54 Å². The zero-order valence-electron chi connectivity index (χ0n) is 12.9. The van der Waals surface area contributed by atoms with E-state index in [1.165, 1.54) is 19.3 Å². The molecule has 1 rings (SSSR count). The fraction of sp³-hybridized carbons (Fsp3) is 0.857. The molecule has 0 heterocycles. The van der Waals surface area contributed by atoms with Crippen molar-refractivity contribution in [3.05, 3.63) is 0 Å². The first-order chi connectivity index (χ1) is 8.81. The van der Waals surface area contributed by atoms with E-state index in [-0.39, 0.29) is 11.4 Å². The lowest BCUT2D eigenvalue weighted by atomic mass is 10.1. The molecule has 1 aliphatic rings. The number of carbonyl (C=O) groups is 1. The summed E-state index contributed by atoms with van der Waals surface area (Å²) in [5, 5.41) is 6.25. The van der Waals surface area contributed by atoms with Gasteiger partial charge in [0.1, 0.15) is 0 Å². The Hall–Kier alpha value is -1.26. The summed E-state index contributed by atoms with van der Waals surface area (Å²) in [6.45, 7) is 7.19. The fourth-order valence-electron chi connectivity index (χ4n) is 1.93. The number of guanidine groups is 1. The van der Waals surface area contributed by atoms with Crippen LogP contribution in [0.4, 0.5) is 0 Å². The Morgan fingerprint density at radius 1 is 1.37 bits per heavy atom. The Labute approximate surface area is 116 Å². The lowest BCUT2D eigenvalue weighted by Gasteiger charge is -2.25. The summed E-state index contributed by atoms with van der Waals surface area (Å²) in [6, 6.07) is 0. The minimum absolute atomic E-state index is 0.0140. The summed E-state index contributed by atoms with van der Waals surface area (Å²) in [5.74, 6) is 1.70. The Morgan fingerprint density at radius 2 is 2.00 bits per heavy atom. The van der Waals surface area contributed by atoms with Crippen LogP contribution < -0.4 is 10.6 Å². The molecular weight excluding hydrogens is 240 g/mol. The molecule has 0 unspecified atom stereocenters. The van der Waals surface area contributed by atoms with E-state index in [4.69, 9.17) is 0 Å². The van der Waals surface area contributed by atoms with Gasteiger partial charge in [-0.1, -0.05) is 12.8 Å². The highest BCUT2D eigenvalue weighted by Gasteiger charge is 2.21. The largest absolute Gasteiger partial charge is 0.356 e. The molecule has 0 aliphatic heterocycles. The van der Waals surface area contributed by atoms with Crippen LogP contribution in [0.15, 0.2) is 4.99 Å². The van der Waals surface area contributed by atoms with Gasteiger partial charge in [0.15, 0.2) is 5.96 Å². The van der Waals surface area contributed by atoms with Gasteiger partial charge in [0.25, 0.3) is 0 Å². The van der Waals surface area contributed by atoms with Crippen LogP contribution in [0, 0.1) is 5.92 Å². The highest BCUT2D eigenvalue weighted by atomic mass is 16.2. The van der Waals surface area contributed by atoms with E-state index in [0.717, 1.165) is 18.4 Å². The molecule has 0 saturated heterocycles. The molecule has 1 fully saturated rings. The lowest BCUT2D eigenvalue weighted by Crippen LogP contribution is -2.48. The Balaban J connectivity index is 2.31. The third-order valence-electron chi connectivity index (χ3n) is 3.00. The first-order valence-electron chi connectivity index (χ1n) is 7.04. The molecule has 0 aromatic heterocycles.